The highest BCUT2D eigenvalue weighted by molar-refractivity contribution is 8.13. The molecule has 0 atom stereocenters. The molecule has 0 aliphatic rings. The first kappa shape index (κ1) is 18.7. The molecule has 114 valence electrons. The summed E-state index contributed by atoms with van der Waals surface area (Å²) in [4.78, 5) is 6.00. The number of hydrogen-bond acceptors (Lipinski definition) is 5. The smallest absolute Gasteiger partial charge is 0.131 e. The third-order valence-corrected chi connectivity index (χ3v) is 3.52. The second-order valence-corrected chi connectivity index (χ2v) is 5.71. The average Bonchev–Trinajstić information content (AvgIpc) is 2.42. The lowest BCUT2D eigenvalue weighted by Gasteiger charge is -2.25. The number of thioether (sulfide) groups is 1. The molecule has 20 heavy (non-hydrogen) atoms. The SMILES string of the molecule is C=N/C(NCC)=C(/C)C(=N)N(CCC)CCSC(C)=N. The van der Waals surface area contributed by atoms with Gasteiger partial charge < -0.3 is 10.2 Å². The van der Waals surface area contributed by atoms with Crippen LogP contribution in [0.1, 0.15) is 34.1 Å². The summed E-state index contributed by atoms with van der Waals surface area (Å²) in [6.45, 7) is 13.7. The Bertz CT molecular complexity index is 376. The van der Waals surface area contributed by atoms with Crippen molar-refractivity contribution in [3.05, 3.63) is 11.4 Å². The zero-order valence-corrected chi connectivity index (χ0v) is 13.9. The van der Waals surface area contributed by atoms with Gasteiger partial charge in [-0.1, -0.05) is 6.92 Å². The normalized spacial score (nSPS) is 11.6. The van der Waals surface area contributed by atoms with Gasteiger partial charge in [0, 0.05) is 31.0 Å². The molecule has 0 unspecified atom stereocenters. The van der Waals surface area contributed by atoms with Crippen molar-refractivity contribution in [2.75, 3.05) is 25.4 Å². The van der Waals surface area contributed by atoms with Crippen molar-refractivity contribution in [3.63, 3.8) is 0 Å². The quantitative estimate of drug-likeness (QED) is 0.452. The van der Waals surface area contributed by atoms with E-state index in [0.29, 0.717) is 16.7 Å². The summed E-state index contributed by atoms with van der Waals surface area (Å²) in [6.07, 6.45) is 0.988. The zero-order chi connectivity index (χ0) is 15.5. The lowest BCUT2D eigenvalue weighted by atomic mass is 10.2. The second-order valence-electron chi connectivity index (χ2n) is 4.40. The summed E-state index contributed by atoms with van der Waals surface area (Å²) in [7, 11) is 0. The van der Waals surface area contributed by atoms with Gasteiger partial charge in [0.15, 0.2) is 0 Å². The maximum atomic E-state index is 8.33. The fourth-order valence-corrected chi connectivity index (χ4v) is 2.36. The van der Waals surface area contributed by atoms with Crippen LogP contribution in [0.2, 0.25) is 0 Å². The topological polar surface area (TPSA) is 75.3 Å². The van der Waals surface area contributed by atoms with Gasteiger partial charge in [-0.05, 0) is 33.9 Å². The Morgan fingerprint density at radius 1 is 1.25 bits per heavy atom. The molecule has 0 saturated heterocycles. The van der Waals surface area contributed by atoms with Crippen molar-refractivity contribution >= 4 is 29.4 Å². The molecule has 3 N–H and O–H groups in total. The highest BCUT2D eigenvalue weighted by atomic mass is 32.2. The van der Waals surface area contributed by atoms with E-state index in [1.54, 1.807) is 6.92 Å². The Morgan fingerprint density at radius 3 is 2.35 bits per heavy atom. The van der Waals surface area contributed by atoms with Crippen molar-refractivity contribution in [2.24, 2.45) is 4.99 Å². The summed E-state index contributed by atoms with van der Waals surface area (Å²) >= 11 is 1.52. The molecule has 0 heterocycles. The first-order valence-corrected chi connectivity index (χ1v) is 7.89. The van der Waals surface area contributed by atoms with Gasteiger partial charge in [0.1, 0.15) is 11.7 Å². The first-order chi connectivity index (χ1) is 9.47. The van der Waals surface area contributed by atoms with Crippen LogP contribution in [0.3, 0.4) is 0 Å². The predicted octanol–water partition coefficient (Wildman–Crippen LogP) is 2.95. The molecular weight excluding hydrogens is 270 g/mol. The van der Waals surface area contributed by atoms with Crippen LogP contribution in [0, 0.1) is 10.8 Å². The third-order valence-electron chi connectivity index (χ3n) is 2.70. The molecule has 0 aliphatic carbocycles. The minimum absolute atomic E-state index is 0.485. The maximum absolute atomic E-state index is 8.33. The van der Waals surface area contributed by atoms with Gasteiger partial charge in [0.05, 0.1) is 5.04 Å². The molecule has 0 saturated carbocycles. The van der Waals surface area contributed by atoms with Crippen molar-refractivity contribution in [1.82, 2.24) is 10.2 Å². The molecule has 0 aliphatic heterocycles. The molecule has 0 radical (unpaired) electrons. The Balaban J connectivity index is 4.84. The van der Waals surface area contributed by atoms with Gasteiger partial charge >= 0.3 is 0 Å². The second kappa shape index (κ2) is 10.5. The van der Waals surface area contributed by atoms with Crippen LogP contribution in [-0.2, 0) is 0 Å². The van der Waals surface area contributed by atoms with Gasteiger partial charge in [-0.2, -0.15) is 0 Å². The Kier molecular flexibility index (Phi) is 9.80. The molecule has 0 rings (SSSR count). The van der Waals surface area contributed by atoms with E-state index in [0.717, 1.165) is 37.4 Å². The maximum Gasteiger partial charge on any atom is 0.131 e. The Hall–Kier alpha value is -1.30. The van der Waals surface area contributed by atoms with Crippen LogP contribution in [-0.4, -0.2) is 47.9 Å². The van der Waals surface area contributed by atoms with Gasteiger partial charge in [-0.15, -0.1) is 11.8 Å². The van der Waals surface area contributed by atoms with E-state index in [4.69, 9.17) is 10.8 Å². The fourth-order valence-electron chi connectivity index (χ4n) is 1.74. The zero-order valence-electron chi connectivity index (χ0n) is 13.0. The summed E-state index contributed by atoms with van der Waals surface area (Å²) in [5.74, 6) is 1.98. The minimum atomic E-state index is 0.485. The van der Waals surface area contributed by atoms with Gasteiger partial charge in [0.25, 0.3) is 0 Å². The van der Waals surface area contributed by atoms with Gasteiger partial charge in [-0.3, -0.25) is 10.8 Å². The van der Waals surface area contributed by atoms with E-state index < -0.39 is 0 Å². The average molecular weight is 297 g/mol. The first-order valence-electron chi connectivity index (χ1n) is 6.91. The van der Waals surface area contributed by atoms with Crippen LogP contribution in [0.15, 0.2) is 16.4 Å². The standard InChI is InChI=1S/C14H27N5S/c1-6-8-19(9-10-20-12(4)15)13(16)11(3)14(17-5)18-7-2/h15-16,18H,5-10H2,1-4H3/b14-11+,15-12?,16-13?. The highest BCUT2D eigenvalue weighted by Gasteiger charge is 2.13. The van der Waals surface area contributed by atoms with Crippen molar-refractivity contribution < 1.29 is 0 Å². The van der Waals surface area contributed by atoms with Crippen molar-refractivity contribution in [3.8, 4) is 0 Å². The number of aliphatic imine (C=N–C) groups is 1. The highest BCUT2D eigenvalue weighted by Crippen LogP contribution is 2.10. The number of hydrogen-bond donors (Lipinski definition) is 3. The molecular formula is C14H27N5S. The van der Waals surface area contributed by atoms with E-state index in [1.807, 2.05) is 18.7 Å². The lowest BCUT2D eigenvalue weighted by molar-refractivity contribution is 0.439. The van der Waals surface area contributed by atoms with Crippen LogP contribution in [0.5, 0.6) is 0 Å². The molecule has 0 amide bonds. The Morgan fingerprint density at radius 2 is 1.90 bits per heavy atom. The molecule has 0 spiro atoms. The number of nitrogens with one attached hydrogen (secondary N) is 3. The molecule has 0 aromatic rings. The van der Waals surface area contributed by atoms with Crippen LogP contribution in [0.4, 0.5) is 0 Å². The van der Waals surface area contributed by atoms with Crippen molar-refractivity contribution in [2.45, 2.75) is 34.1 Å². The third kappa shape index (κ3) is 6.75. The van der Waals surface area contributed by atoms with E-state index >= 15 is 0 Å². The number of rotatable bonds is 9. The molecule has 0 bridgehead atoms. The molecule has 6 heteroatoms. The van der Waals surface area contributed by atoms with E-state index in [2.05, 4.69) is 24.0 Å². The fraction of sp³-hybridized carbons (Fsp3) is 0.643. The molecule has 0 aromatic carbocycles. The largest absolute Gasteiger partial charge is 0.370 e. The summed E-state index contributed by atoms with van der Waals surface area (Å²) in [5.41, 5.74) is 0.812. The monoisotopic (exact) mass is 297 g/mol. The van der Waals surface area contributed by atoms with Crippen LogP contribution < -0.4 is 5.32 Å². The van der Waals surface area contributed by atoms with E-state index in [-0.39, 0.29) is 0 Å². The molecule has 5 nitrogen and oxygen atoms in total. The van der Waals surface area contributed by atoms with Crippen LogP contribution >= 0.6 is 11.8 Å². The predicted molar refractivity (Wildman–Crippen MR) is 91.4 cm³/mol. The Labute approximate surface area is 126 Å². The molecule has 0 fully saturated rings. The van der Waals surface area contributed by atoms with E-state index in [9.17, 15) is 0 Å². The number of nitrogens with zero attached hydrogens (tertiary/aromatic N) is 2. The summed E-state index contributed by atoms with van der Waals surface area (Å²) < 4.78 is 0. The van der Waals surface area contributed by atoms with Gasteiger partial charge in [0.2, 0.25) is 0 Å². The molecule has 0 aromatic heterocycles. The number of amidine groups is 1. The summed E-state index contributed by atoms with van der Waals surface area (Å²) in [5, 5.41) is 19.5. The lowest BCUT2D eigenvalue weighted by Crippen LogP contribution is -2.35. The summed E-state index contributed by atoms with van der Waals surface area (Å²) in [6, 6.07) is 0. The minimum Gasteiger partial charge on any atom is -0.370 e. The van der Waals surface area contributed by atoms with Gasteiger partial charge in [-0.25, -0.2) is 4.99 Å². The van der Waals surface area contributed by atoms with Crippen molar-refractivity contribution in [1.29, 1.82) is 10.8 Å². The van der Waals surface area contributed by atoms with E-state index in [1.165, 1.54) is 11.8 Å². The van der Waals surface area contributed by atoms with Crippen LogP contribution in [0.25, 0.3) is 0 Å².